The Morgan fingerprint density at radius 2 is 1.96 bits per heavy atom. The van der Waals surface area contributed by atoms with Crippen LogP contribution in [0.25, 0.3) is 0 Å². The number of hydrogen-bond donors (Lipinski definition) is 2. The molecule has 28 heavy (non-hydrogen) atoms. The summed E-state index contributed by atoms with van der Waals surface area (Å²) < 4.78 is 0. The zero-order chi connectivity index (χ0) is 19.9. The maximum atomic E-state index is 13.1. The zero-order valence-electron chi connectivity index (χ0n) is 16.0. The van der Waals surface area contributed by atoms with Gasteiger partial charge in [0.2, 0.25) is 5.91 Å². The lowest BCUT2D eigenvalue weighted by molar-refractivity contribution is -0.134. The van der Waals surface area contributed by atoms with Crippen molar-refractivity contribution in [1.82, 2.24) is 10.2 Å². The molecule has 2 N–H and O–H groups in total. The molecule has 4 amide bonds. The fourth-order valence-electron chi connectivity index (χ4n) is 4.05. The third-order valence-electron chi connectivity index (χ3n) is 5.56. The van der Waals surface area contributed by atoms with Gasteiger partial charge in [-0.05, 0) is 47.6 Å². The summed E-state index contributed by atoms with van der Waals surface area (Å²) in [6.07, 6.45) is 1.25. The third-order valence-corrected chi connectivity index (χ3v) is 5.56. The molecule has 2 aromatic carbocycles. The van der Waals surface area contributed by atoms with Gasteiger partial charge in [-0.15, -0.1) is 0 Å². The van der Waals surface area contributed by atoms with E-state index < -0.39 is 17.5 Å². The first-order valence-electron chi connectivity index (χ1n) is 9.53. The van der Waals surface area contributed by atoms with Crippen molar-refractivity contribution in [2.45, 2.75) is 38.1 Å². The van der Waals surface area contributed by atoms with Crippen molar-refractivity contribution in [3.05, 3.63) is 65.2 Å². The summed E-state index contributed by atoms with van der Waals surface area (Å²) in [7, 11) is 0. The van der Waals surface area contributed by atoms with Crippen LogP contribution in [0.15, 0.2) is 48.5 Å². The molecule has 0 radical (unpaired) electrons. The van der Waals surface area contributed by atoms with Crippen LogP contribution in [0.3, 0.4) is 0 Å². The summed E-state index contributed by atoms with van der Waals surface area (Å²) in [5.74, 6) is -0.411. The predicted octanol–water partition coefficient (Wildman–Crippen LogP) is 3.14. The number of nitrogens with zero attached hydrogens (tertiary/aromatic N) is 1. The Bertz CT molecular complexity index is 969. The molecule has 144 valence electrons. The van der Waals surface area contributed by atoms with Gasteiger partial charge in [-0.2, -0.15) is 0 Å². The van der Waals surface area contributed by atoms with Gasteiger partial charge in [-0.1, -0.05) is 50.2 Å². The van der Waals surface area contributed by atoms with Crippen LogP contribution in [0.4, 0.5) is 10.5 Å². The van der Waals surface area contributed by atoms with E-state index in [0.717, 1.165) is 28.0 Å². The van der Waals surface area contributed by atoms with Crippen molar-refractivity contribution in [3.8, 4) is 0 Å². The first-order valence-corrected chi connectivity index (χ1v) is 9.53. The highest BCUT2D eigenvalue weighted by molar-refractivity contribution is 6.10. The molecule has 1 spiro atoms. The van der Waals surface area contributed by atoms with Crippen LogP contribution in [-0.2, 0) is 21.5 Å². The summed E-state index contributed by atoms with van der Waals surface area (Å²) in [5.41, 5.74) is 2.62. The van der Waals surface area contributed by atoms with Crippen LogP contribution in [0.2, 0.25) is 0 Å². The van der Waals surface area contributed by atoms with Crippen molar-refractivity contribution < 1.29 is 14.4 Å². The molecule has 0 bridgehead atoms. The molecule has 6 nitrogen and oxygen atoms in total. The van der Waals surface area contributed by atoms with E-state index in [0.29, 0.717) is 18.0 Å². The topological polar surface area (TPSA) is 78.5 Å². The van der Waals surface area contributed by atoms with Gasteiger partial charge in [0.25, 0.3) is 5.91 Å². The van der Waals surface area contributed by atoms with Crippen LogP contribution >= 0.6 is 0 Å². The fraction of sp³-hybridized carbons (Fsp3) is 0.318. The van der Waals surface area contributed by atoms with E-state index in [9.17, 15) is 14.4 Å². The standard InChI is InChI=1S/C22H23N3O3/c1-14(2)16-7-5-8-17(12-16)23-19(26)13-25-20(27)22(24-21(25)28)11-10-15-6-3-4-9-18(15)22/h3-9,12,14H,10-11,13H2,1-2H3,(H,23,26)(H,24,28)/t22-/m0/s1. The Morgan fingerprint density at radius 3 is 2.75 bits per heavy atom. The maximum absolute atomic E-state index is 13.1. The molecule has 2 aromatic rings. The molecule has 4 rings (SSSR count). The SMILES string of the molecule is CC(C)c1cccc(NC(=O)CN2C(=O)N[C@]3(CCc4ccccc43)C2=O)c1. The van der Waals surface area contributed by atoms with E-state index in [1.165, 1.54) is 0 Å². The Morgan fingerprint density at radius 1 is 1.18 bits per heavy atom. The molecule has 2 aliphatic rings. The molecule has 1 aliphatic heterocycles. The minimum absolute atomic E-state index is 0.305. The number of carbonyl (C=O) groups is 3. The second-order valence-corrected chi connectivity index (χ2v) is 7.71. The second-order valence-electron chi connectivity index (χ2n) is 7.71. The van der Waals surface area contributed by atoms with Gasteiger partial charge in [-0.3, -0.25) is 14.5 Å². The minimum atomic E-state index is -1.04. The van der Waals surface area contributed by atoms with Crippen LogP contribution in [0.1, 0.15) is 42.9 Å². The van der Waals surface area contributed by atoms with Gasteiger partial charge in [0.15, 0.2) is 0 Å². The normalized spacial score (nSPS) is 20.6. The predicted molar refractivity (Wildman–Crippen MR) is 106 cm³/mol. The van der Waals surface area contributed by atoms with Crippen LogP contribution in [-0.4, -0.2) is 29.3 Å². The molecule has 1 aliphatic carbocycles. The number of hydrogen-bond acceptors (Lipinski definition) is 3. The molecule has 1 fully saturated rings. The lowest BCUT2D eigenvalue weighted by Gasteiger charge is -2.22. The number of imide groups is 1. The summed E-state index contributed by atoms with van der Waals surface area (Å²) in [6.45, 7) is 3.85. The molecule has 6 heteroatoms. The number of benzene rings is 2. The second kappa shape index (κ2) is 6.78. The fourth-order valence-corrected chi connectivity index (χ4v) is 4.05. The van der Waals surface area contributed by atoms with Crippen LogP contribution < -0.4 is 10.6 Å². The van der Waals surface area contributed by atoms with Crippen LogP contribution in [0.5, 0.6) is 0 Å². The highest BCUT2D eigenvalue weighted by Gasteiger charge is 2.55. The molecular formula is C22H23N3O3. The zero-order valence-corrected chi connectivity index (χ0v) is 16.0. The van der Waals surface area contributed by atoms with Crippen molar-refractivity contribution >= 4 is 23.5 Å². The van der Waals surface area contributed by atoms with Gasteiger partial charge in [0.05, 0.1) is 0 Å². The first kappa shape index (κ1) is 18.2. The minimum Gasteiger partial charge on any atom is -0.325 e. The molecule has 0 saturated carbocycles. The van der Waals surface area contributed by atoms with Gasteiger partial charge < -0.3 is 10.6 Å². The number of amides is 4. The van der Waals surface area contributed by atoms with Crippen LogP contribution in [0, 0.1) is 0 Å². The summed E-state index contributed by atoms with van der Waals surface area (Å²) >= 11 is 0. The number of anilines is 1. The van der Waals surface area contributed by atoms with Crippen molar-refractivity contribution in [2.24, 2.45) is 0 Å². The van der Waals surface area contributed by atoms with Gasteiger partial charge in [0.1, 0.15) is 12.1 Å². The Hall–Kier alpha value is -3.15. The number of rotatable bonds is 4. The number of carbonyl (C=O) groups excluding carboxylic acids is 3. The maximum Gasteiger partial charge on any atom is 0.325 e. The highest BCUT2D eigenvalue weighted by Crippen LogP contribution is 2.41. The largest absolute Gasteiger partial charge is 0.325 e. The monoisotopic (exact) mass is 377 g/mol. The van der Waals surface area contributed by atoms with E-state index in [2.05, 4.69) is 24.5 Å². The summed E-state index contributed by atoms with van der Waals surface area (Å²) in [4.78, 5) is 39.1. The van der Waals surface area contributed by atoms with Gasteiger partial charge in [-0.25, -0.2) is 4.79 Å². The number of aryl methyl sites for hydroxylation is 1. The molecule has 0 unspecified atom stereocenters. The average molecular weight is 377 g/mol. The lowest BCUT2D eigenvalue weighted by atomic mass is 9.92. The van der Waals surface area contributed by atoms with E-state index in [1.807, 2.05) is 42.5 Å². The van der Waals surface area contributed by atoms with E-state index >= 15 is 0 Å². The third kappa shape index (κ3) is 2.95. The van der Waals surface area contributed by atoms with Crippen molar-refractivity contribution in [3.63, 3.8) is 0 Å². The Kier molecular flexibility index (Phi) is 4.41. The Labute approximate surface area is 163 Å². The smallest absolute Gasteiger partial charge is 0.325 e. The van der Waals surface area contributed by atoms with E-state index in [-0.39, 0.29) is 12.5 Å². The van der Waals surface area contributed by atoms with Gasteiger partial charge in [0, 0.05) is 5.69 Å². The molecule has 0 aromatic heterocycles. The van der Waals surface area contributed by atoms with Crippen molar-refractivity contribution in [1.29, 1.82) is 0 Å². The number of urea groups is 1. The highest BCUT2D eigenvalue weighted by atomic mass is 16.2. The lowest BCUT2D eigenvalue weighted by Crippen LogP contribution is -2.43. The van der Waals surface area contributed by atoms with E-state index in [4.69, 9.17) is 0 Å². The average Bonchev–Trinajstić information content (AvgIpc) is 3.16. The number of fused-ring (bicyclic) bond motifs is 2. The molecular weight excluding hydrogens is 354 g/mol. The molecule has 1 heterocycles. The quantitative estimate of drug-likeness (QED) is 0.804. The summed E-state index contributed by atoms with van der Waals surface area (Å²) in [5, 5.41) is 5.63. The van der Waals surface area contributed by atoms with E-state index in [1.54, 1.807) is 6.07 Å². The van der Waals surface area contributed by atoms with Crippen molar-refractivity contribution in [2.75, 3.05) is 11.9 Å². The first-order chi connectivity index (χ1) is 13.4. The Balaban J connectivity index is 1.50. The summed E-state index contributed by atoms with van der Waals surface area (Å²) in [6, 6.07) is 14.7. The molecule has 1 atom stereocenters. The number of nitrogens with one attached hydrogen (secondary N) is 2. The van der Waals surface area contributed by atoms with Gasteiger partial charge >= 0.3 is 6.03 Å². The molecule has 1 saturated heterocycles.